The maximum Gasteiger partial charge on any atom is 0.214 e. The fourth-order valence-electron chi connectivity index (χ4n) is 5.73. The number of nitrogens with zero attached hydrogens (tertiary/aromatic N) is 1. The second-order valence-corrected chi connectivity index (χ2v) is 11.2. The Morgan fingerprint density at radius 1 is 0.475 bits per heavy atom. The Bertz CT molecular complexity index is 588. The lowest BCUT2D eigenvalue weighted by Gasteiger charge is -2.28. The Kier molecular flexibility index (Phi) is 17.1. The summed E-state index contributed by atoms with van der Waals surface area (Å²) in [6.07, 6.45) is 15.7. The molecule has 0 amide bonds. The zero-order chi connectivity index (χ0) is 28.3. The summed E-state index contributed by atoms with van der Waals surface area (Å²) in [5, 5.41) is 0. The van der Waals surface area contributed by atoms with E-state index in [2.05, 4.69) is 0 Å². The highest BCUT2D eigenvalue weighted by atomic mass is 16.7. The SMILES string of the molecule is O=CC(OCCN(CCOC(C=O)OC1CCCCC1)CCOC(C=O)OC1CCCCC1)OC1CCCCC1. The Labute approximate surface area is 239 Å². The van der Waals surface area contributed by atoms with Crippen LogP contribution in [0.4, 0.5) is 0 Å². The van der Waals surface area contributed by atoms with Gasteiger partial charge in [0, 0.05) is 19.6 Å². The minimum atomic E-state index is -0.885. The van der Waals surface area contributed by atoms with E-state index in [1.807, 2.05) is 4.90 Å². The summed E-state index contributed by atoms with van der Waals surface area (Å²) in [6, 6.07) is 0. The van der Waals surface area contributed by atoms with Crippen LogP contribution in [0.5, 0.6) is 0 Å². The molecule has 0 aromatic carbocycles. The molecule has 0 N–H and O–H groups in total. The van der Waals surface area contributed by atoms with Crippen LogP contribution >= 0.6 is 0 Å². The molecule has 230 valence electrons. The van der Waals surface area contributed by atoms with Crippen molar-refractivity contribution in [2.24, 2.45) is 0 Å². The topological polar surface area (TPSA) is 110 Å². The van der Waals surface area contributed by atoms with Gasteiger partial charge in [0.2, 0.25) is 18.9 Å². The van der Waals surface area contributed by atoms with Crippen molar-refractivity contribution in [2.75, 3.05) is 39.5 Å². The molecule has 0 bridgehead atoms. The van der Waals surface area contributed by atoms with Gasteiger partial charge in [-0.3, -0.25) is 19.3 Å². The Hall–Kier alpha value is -1.27. The first-order valence-electron chi connectivity index (χ1n) is 15.6. The second-order valence-electron chi connectivity index (χ2n) is 11.2. The van der Waals surface area contributed by atoms with E-state index in [0.29, 0.717) is 38.5 Å². The minimum absolute atomic E-state index is 0.0655. The standard InChI is InChI=1S/C30H51NO9/c32-22-28(38-25-10-4-1-5-11-25)35-19-16-31(17-20-36-29(23-33)39-26-12-6-2-7-13-26)18-21-37-30(24-34)40-27-14-8-3-9-15-27/h22-30H,1-21H2. The molecule has 0 aromatic heterocycles. The van der Waals surface area contributed by atoms with Gasteiger partial charge in [-0.15, -0.1) is 0 Å². The first kappa shape index (κ1) is 33.2. The zero-order valence-corrected chi connectivity index (χ0v) is 24.2. The normalized spacial score (nSPS) is 22.1. The van der Waals surface area contributed by atoms with Gasteiger partial charge in [-0.1, -0.05) is 57.8 Å². The van der Waals surface area contributed by atoms with E-state index in [-0.39, 0.29) is 38.1 Å². The summed E-state index contributed by atoms with van der Waals surface area (Å²) in [7, 11) is 0. The summed E-state index contributed by atoms with van der Waals surface area (Å²) in [5.74, 6) is 0. The average Bonchev–Trinajstić information content (AvgIpc) is 3.00. The van der Waals surface area contributed by atoms with Crippen LogP contribution in [-0.2, 0) is 42.8 Å². The molecule has 0 spiro atoms. The summed E-state index contributed by atoms with van der Waals surface area (Å²) in [6.45, 7) is 2.32. The Morgan fingerprint density at radius 3 is 1.00 bits per heavy atom. The molecule has 0 saturated heterocycles. The monoisotopic (exact) mass is 569 g/mol. The number of aldehydes is 3. The van der Waals surface area contributed by atoms with Crippen LogP contribution in [0.2, 0.25) is 0 Å². The highest BCUT2D eigenvalue weighted by Crippen LogP contribution is 2.23. The molecular formula is C30H51NO9. The fourth-order valence-corrected chi connectivity index (χ4v) is 5.73. The van der Waals surface area contributed by atoms with Crippen LogP contribution in [0.25, 0.3) is 0 Å². The van der Waals surface area contributed by atoms with Crippen molar-refractivity contribution in [1.82, 2.24) is 4.90 Å². The molecule has 10 nitrogen and oxygen atoms in total. The van der Waals surface area contributed by atoms with E-state index in [4.69, 9.17) is 28.4 Å². The van der Waals surface area contributed by atoms with Gasteiger partial charge >= 0.3 is 0 Å². The van der Waals surface area contributed by atoms with Gasteiger partial charge < -0.3 is 28.4 Å². The summed E-state index contributed by atoms with van der Waals surface area (Å²) in [4.78, 5) is 36.7. The van der Waals surface area contributed by atoms with E-state index in [0.717, 1.165) is 77.0 Å². The van der Waals surface area contributed by atoms with Crippen molar-refractivity contribution in [1.29, 1.82) is 0 Å². The van der Waals surface area contributed by atoms with Gasteiger partial charge in [0.05, 0.1) is 38.1 Å². The maximum atomic E-state index is 11.5. The van der Waals surface area contributed by atoms with Crippen molar-refractivity contribution < 1.29 is 42.8 Å². The number of carbonyl (C=O) groups is 3. The molecule has 40 heavy (non-hydrogen) atoms. The lowest BCUT2D eigenvalue weighted by atomic mass is 9.98. The zero-order valence-electron chi connectivity index (χ0n) is 24.2. The van der Waals surface area contributed by atoms with Gasteiger partial charge in [-0.25, -0.2) is 0 Å². The van der Waals surface area contributed by atoms with Crippen molar-refractivity contribution in [2.45, 2.75) is 133 Å². The predicted molar refractivity (Wildman–Crippen MR) is 148 cm³/mol. The van der Waals surface area contributed by atoms with Crippen molar-refractivity contribution in [3.8, 4) is 0 Å². The molecule has 0 aromatic rings. The van der Waals surface area contributed by atoms with Crippen LogP contribution in [0, 0.1) is 0 Å². The van der Waals surface area contributed by atoms with Crippen LogP contribution < -0.4 is 0 Å². The third-order valence-corrected chi connectivity index (χ3v) is 8.04. The number of rotatable bonds is 21. The molecule has 3 rings (SSSR count). The Balaban J connectivity index is 1.43. The van der Waals surface area contributed by atoms with E-state index in [1.165, 1.54) is 19.3 Å². The van der Waals surface area contributed by atoms with Crippen LogP contribution in [-0.4, -0.2) is 100 Å². The lowest BCUT2D eigenvalue weighted by Crippen LogP contribution is -2.38. The van der Waals surface area contributed by atoms with Crippen LogP contribution in [0.15, 0.2) is 0 Å². The van der Waals surface area contributed by atoms with E-state index >= 15 is 0 Å². The minimum Gasteiger partial charge on any atom is -0.345 e. The maximum absolute atomic E-state index is 11.5. The molecule has 10 heteroatoms. The third-order valence-electron chi connectivity index (χ3n) is 8.04. The van der Waals surface area contributed by atoms with E-state index < -0.39 is 18.9 Å². The molecule has 0 aliphatic heterocycles. The van der Waals surface area contributed by atoms with Crippen molar-refractivity contribution in [3.63, 3.8) is 0 Å². The lowest BCUT2D eigenvalue weighted by molar-refractivity contribution is -0.184. The largest absolute Gasteiger partial charge is 0.345 e. The number of hydrogen-bond donors (Lipinski definition) is 0. The number of hydrogen-bond acceptors (Lipinski definition) is 10. The van der Waals surface area contributed by atoms with Gasteiger partial charge in [-0.2, -0.15) is 0 Å². The number of carbonyl (C=O) groups excluding carboxylic acids is 3. The molecule has 3 saturated carbocycles. The second kappa shape index (κ2) is 20.6. The van der Waals surface area contributed by atoms with Gasteiger partial charge in [0.1, 0.15) is 0 Å². The van der Waals surface area contributed by atoms with E-state index in [1.54, 1.807) is 0 Å². The Morgan fingerprint density at radius 2 is 0.750 bits per heavy atom. The summed E-state index contributed by atoms with van der Waals surface area (Å²) >= 11 is 0. The highest BCUT2D eigenvalue weighted by molar-refractivity contribution is 5.54. The molecule has 0 radical (unpaired) electrons. The molecule has 3 atom stereocenters. The highest BCUT2D eigenvalue weighted by Gasteiger charge is 2.22. The first-order valence-corrected chi connectivity index (χ1v) is 15.6. The molecule has 3 aliphatic carbocycles. The predicted octanol–water partition coefficient (Wildman–Crippen LogP) is 3.96. The van der Waals surface area contributed by atoms with Gasteiger partial charge in [-0.05, 0) is 38.5 Å². The molecule has 3 fully saturated rings. The molecular weight excluding hydrogens is 518 g/mol. The van der Waals surface area contributed by atoms with Crippen LogP contribution in [0.3, 0.4) is 0 Å². The quantitative estimate of drug-likeness (QED) is 0.149. The van der Waals surface area contributed by atoms with Crippen LogP contribution in [0.1, 0.15) is 96.3 Å². The van der Waals surface area contributed by atoms with E-state index in [9.17, 15) is 14.4 Å². The van der Waals surface area contributed by atoms with Gasteiger partial charge in [0.25, 0.3) is 0 Å². The van der Waals surface area contributed by atoms with Gasteiger partial charge in [0.15, 0.2) is 18.9 Å². The first-order chi connectivity index (χ1) is 19.7. The summed E-state index contributed by atoms with van der Waals surface area (Å²) in [5.41, 5.74) is 0. The van der Waals surface area contributed by atoms with Crippen molar-refractivity contribution in [3.05, 3.63) is 0 Å². The third kappa shape index (κ3) is 13.6. The molecule has 3 aliphatic rings. The molecule has 3 unspecified atom stereocenters. The summed E-state index contributed by atoms with van der Waals surface area (Å²) < 4.78 is 34.8. The number of ether oxygens (including phenoxy) is 6. The molecule has 0 heterocycles. The average molecular weight is 570 g/mol. The smallest absolute Gasteiger partial charge is 0.214 e. The van der Waals surface area contributed by atoms with Crippen molar-refractivity contribution >= 4 is 18.9 Å². The fraction of sp³-hybridized carbons (Fsp3) is 0.900.